The van der Waals surface area contributed by atoms with Crippen molar-refractivity contribution in [1.82, 2.24) is 10.6 Å². The molecule has 0 bridgehead atoms. The van der Waals surface area contributed by atoms with E-state index in [9.17, 15) is 4.79 Å². The van der Waals surface area contributed by atoms with E-state index in [-0.39, 0.29) is 17.9 Å². The van der Waals surface area contributed by atoms with Crippen molar-refractivity contribution in [2.24, 2.45) is 17.6 Å². The molecule has 0 aromatic rings. The van der Waals surface area contributed by atoms with E-state index in [1.54, 1.807) is 0 Å². The molecule has 4 unspecified atom stereocenters. The molecule has 1 aliphatic carbocycles. The molecule has 1 saturated heterocycles. The van der Waals surface area contributed by atoms with Gasteiger partial charge in [0.15, 0.2) is 0 Å². The number of rotatable bonds is 5. The standard InChI is InChI=1S/C14H27N3O/c1-9(2)13(14(15)18)17-12-6-3-5-10(12)11-7-4-8-16-11/h9-13,16-17H,3-8H2,1-2H3,(H2,15,18). The Morgan fingerprint density at radius 1 is 1.28 bits per heavy atom. The number of hydrogen-bond acceptors (Lipinski definition) is 3. The molecule has 1 heterocycles. The van der Waals surface area contributed by atoms with E-state index in [0.717, 1.165) is 6.54 Å². The summed E-state index contributed by atoms with van der Waals surface area (Å²) in [5.74, 6) is 0.725. The van der Waals surface area contributed by atoms with Crippen molar-refractivity contribution in [2.75, 3.05) is 6.54 Å². The van der Waals surface area contributed by atoms with Crippen LogP contribution >= 0.6 is 0 Å². The minimum atomic E-state index is -0.213. The Bertz CT molecular complexity index is 287. The molecule has 0 radical (unpaired) electrons. The van der Waals surface area contributed by atoms with E-state index in [4.69, 9.17) is 5.73 Å². The maximum absolute atomic E-state index is 11.5. The van der Waals surface area contributed by atoms with Crippen LogP contribution in [0.5, 0.6) is 0 Å². The molecule has 4 N–H and O–H groups in total. The summed E-state index contributed by atoms with van der Waals surface area (Å²) >= 11 is 0. The zero-order chi connectivity index (χ0) is 13.1. The molecule has 0 spiro atoms. The molecular formula is C14H27N3O. The Labute approximate surface area is 110 Å². The second-order valence-electron chi connectivity index (χ2n) is 6.19. The fourth-order valence-corrected chi connectivity index (χ4v) is 3.59. The molecular weight excluding hydrogens is 226 g/mol. The van der Waals surface area contributed by atoms with Crippen LogP contribution in [0.3, 0.4) is 0 Å². The van der Waals surface area contributed by atoms with Crippen molar-refractivity contribution in [3.8, 4) is 0 Å². The highest BCUT2D eigenvalue weighted by Crippen LogP contribution is 2.32. The van der Waals surface area contributed by atoms with E-state index in [1.165, 1.54) is 32.1 Å². The van der Waals surface area contributed by atoms with Gasteiger partial charge in [-0.2, -0.15) is 0 Å². The third-order valence-corrected chi connectivity index (χ3v) is 4.55. The Balaban J connectivity index is 1.96. The molecule has 18 heavy (non-hydrogen) atoms. The zero-order valence-electron chi connectivity index (χ0n) is 11.6. The van der Waals surface area contributed by atoms with Gasteiger partial charge in [-0.25, -0.2) is 0 Å². The summed E-state index contributed by atoms with van der Waals surface area (Å²) in [7, 11) is 0. The van der Waals surface area contributed by atoms with Crippen LogP contribution < -0.4 is 16.4 Å². The first-order valence-electron chi connectivity index (χ1n) is 7.38. The van der Waals surface area contributed by atoms with Crippen molar-refractivity contribution in [3.63, 3.8) is 0 Å². The van der Waals surface area contributed by atoms with E-state index in [2.05, 4.69) is 24.5 Å². The fourth-order valence-electron chi connectivity index (χ4n) is 3.59. The van der Waals surface area contributed by atoms with Crippen LogP contribution in [0.2, 0.25) is 0 Å². The molecule has 1 saturated carbocycles. The van der Waals surface area contributed by atoms with Gasteiger partial charge in [0.1, 0.15) is 0 Å². The SMILES string of the molecule is CC(C)C(NC1CCCC1C1CCCN1)C(N)=O. The van der Waals surface area contributed by atoms with E-state index < -0.39 is 0 Å². The predicted octanol–water partition coefficient (Wildman–Crippen LogP) is 1.01. The maximum Gasteiger partial charge on any atom is 0.234 e. The molecule has 0 aromatic heterocycles. The highest BCUT2D eigenvalue weighted by molar-refractivity contribution is 5.80. The number of nitrogens with one attached hydrogen (secondary N) is 2. The lowest BCUT2D eigenvalue weighted by Gasteiger charge is -2.30. The number of carbonyl (C=O) groups excluding carboxylic acids is 1. The van der Waals surface area contributed by atoms with Crippen molar-refractivity contribution < 1.29 is 4.79 Å². The fraction of sp³-hybridized carbons (Fsp3) is 0.929. The monoisotopic (exact) mass is 253 g/mol. The van der Waals surface area contributed by atoms with E-state index >= 15 is 0 Å². The summed E-state index contributed by atoms with van der Waals surface area (Å²) in [6, 6.07) is 0.920. The van der Waals surface area contributed by atoms with Crippen LogP contribution in [0.4, 0.5) is 0 Å². The van der Waals surface area contributed by atoms with Crippen LogP contribution in [0.1, 0.15) is 46.0 Å². The zero-order valence-corrected chi connectivity index (χ0v) is 11.6. The van der Waals surface area contributed by atoms with Gasteiger partial charge < -0.3 is 16.4 Å². The highest BCUT2D eigenvalue weighted by Gasteiger charge is 2.37. The lowest BCUT2D eigenvalue weighted by molar-refractivity contribution is -0.121. The summed E-state index contributed by atoms with van der Waals surface area (Å²) < 4.78 is 0. The molecule has 1 amide bonds. The summed E-state index contributed by atoms with van der Waals surface area (Å²) in [6.07, 6.45) is 6.30. The summed E-state index contributed by atoms with van der Waals surface area (Å²) in [5.41, 5.74) is 5.50. The van der Waals surface area contributed by atoms with Crippen LogP contribution in [0.25, 0.3) is 0 Å². The van der Waals surface area contributed by atoms with Crippen LogP contribution in [0, 0.1) is 11.8 Å². The van der Waals surface area contributed by atoms with Gasteiger partial charge in [-0.15, -0.1) is 0 Å². The normalized spacial score (nSPS) is 34.1. The van der Waals surface area contributed by atoms with Crippen molar-refractivity contribution in [2.45, 2.75) is 64.1 Å². The van der Waals surface area contributed by atoms with Gasteiger partial charge >= 0.3 is 0 Å². The van der Waals surface area contributed by atoms with E-state index in [1.807, 2.05) is 0 Å². The average molecular weight is 253 g/mol. The topological polar surface area (TPSA) is 67.2 Å². The molecule has 2 aliphatic rings. The minimum Gasteiger partial charge on any atom is -0.368 e. The Morgan fingerprint density at radius 3 is 2.61 bits per heavy atom. The van der Waals surface area contributed by atoms with Gasteiger partial charge in [-0.1, -0.05) is 20.3 Å². The summed E-state index contributed by atoms with van der Waals surface area (Å²) in [5, 5.41) is 7.13. The predicted molar refractivity (Wildman–Crippen MR) is 73.1 cm³/mol. The Kier molecular flexibility index (Phi) is 4.62. The highest BCUT2D eigenvalue weighted by atomic mass is 16.1. The van der Waals surface area contributed by atoms with Gasteiger partial charge in [0.2, 0.25) is 5.91 Å². The molecule has 2 fully saturated rings. The molecule has 4 heteroatoms. The smallest absolute Gasteiger partial charge is 0.234 e. The third kappa shape index (κ3) is 3.04. The van der Waals surface area contributed by atoms with Crippen molar-refractivity contribution in [1.29, 1.82) is 0 Å². The van der Waals surface area contributed by atoms with Crippen molar-refractivity contribution >= 4 is 5.91 Å². The lowest BCUT2D eigenvalue weighted by atomic mass is 9.91. The molecule has 2 rings (SSSR count). The van der Waals surface area contributed by atoms with Crippen LogP contribution in [-0.2, 0) is 4.79 Å². The second kappa shape index (κ2) is 6.02. The average Bonchev–Trinajstić information content (AvgIpc) is 2.95. The number of carbonyl (C=O) groups is 1. The Morgan fingerprint density at radius 2 is 2.06 bits per heavy atom. The maximum atomic E-state index is 11.5. The van der Waals surface area contributed by atoms with Gasteiger partial charge in [0, 0.05) is 12.1 Å². The first-order valence-corrected chi connectivity index (χ1v) is 7.38. The quantitative estimate of drug-likeness (QED) is 0.685. The lowest BCUT2D eigenvalue weighted by Crippen LogP contribution is -2.52. The second-order valence-corrected chi connectivity index (χ2v) is 6.19. The Hall–Kier alpha value is -0.610. The summed E-state index contributed by atoms with van der Waals surface area (Å²) in [4.78, 5) is 11.5. The molecule has 104 valence electrons. The molecule has 4 atom stereocenters. The number of nitrogens with two attached hydrogens (primary N) is 1. The molecule has 4 nitrogen and oxygen atoms in total. The first-order chi connectivity index (χ1) is 8.59. The molecule has 1 aliphatic heterocycles. The molecule has 0 aromatic carbocycles. The largest absolute Gasteiger partial charge is 0.368 e. The minimum absolute atomic E-state index is 0.183. The number of amides is 1. The van der Waals surface area contributed by atoms with Crippen LogP contribution in [0.15, 0.2) is 0 Å². The van der Waals surface area contributed by atoms with Crippen LogP contribution in [-0.4, -0.2) is 30.6 Å². The van der Waals surface area contributed by atoms with Gasteiger partial charge in [0.25, 0.3) is 0 Å². The summed E-state index contributed by atoms with van der Waals surface area (Å²) in [6.45, 7) is 5.26. The van der Waals surface area contributed by atoms with Gasteiger partial charge in [0.05, 0.1) is 6.04 Å². The first kappa shape index (κ1) is 13.8. The van der Waals surface area contributed by atoms with Gasteiger partial charge in [-0.05, 0) is 44.1 Å². The number of hydrogen-bond donors (Lipinski definition) is 3. The van der Waals surface area contributed by atoms with Gasteiger partial charge in [-0.3, -0.25) is 4.79 Å². The van der Waals surface area contributed by atoms with E-state index in [0.29, 0.717) is 18.0 Å². The third-order valence-electron chi connectivity index (χ3n) is 4.55. The number of primary amides is 1. The van der Waals surface area contributed by atoms with Crippen molar-refractivity contribution in [3.05, 3.63) is 0 Å².